The standard InChI is InChI=1S/2C15H16O2/c1-10-3-5-14(16)12(7-10)9-13-8-11(2)4-6-15(13)17;1-15(2,11-7-3-5-9-13(11)16)12-8-4-6-10-14(12)17/h3-8,16-17H,9H2,1-2H3;3-10,16-17H,1-2H3. The van der Waals surface area contributed by atoms with Crippen LogP contribution in [0.3, 0.4) is 0 Å². The van der Waals surface area contributed by atoms with E-state index in [1.165, 1.54) is 0 Å². The van der Waals surface area contributed by atoms with E-state index >= 15 is 0 Å². The number of rotatable bonds is 4. The Morgan fingerprint density at radius 1 is 0.529 bits per heavy atom. The third kappa shape index (κ3) is 5.70. The molecule has 4 nitrogen and oxygen atoms in total. The first-order valence-electron chi connectivity index (χ1n) is 11.2. The molecule has 34 heavy (non-hydrogen) atoms. The lowest BCUT2D eigenvalue weighted by molar-refractivity contribution is 0.435. The van der Waals surface area contributed by atoms with Crippen molar-refractivity contribution >= 4 is 0 Å². The molecule has 0 aromatic heterocycles. The Bertz CT molecular complexity index is 1180. The summed E-state index contributed by atoms with van der Waals surface area (Å²) in [7, 11) is 0. The third-order valence-corrected chi connectivity index (χ3v) is 6.01. The quantitative estimate of drug-likeness (QED) is 0.274. The van der Waals surface area contributed by atoms with Crippen LogP contribution in [0.25, 0.3) is 0 Å². The number of aryl methyl sites for hydroxylation is 2. The van der Waals surface area contributed by atoms with Crippen LogP contribution in [0.4, 0.5) is 0 Å². The highest BCUT2D eigenvalue weighted by molar-refractivity contribution is 5.49. The van der Waals surface area contributed by atoms with Crippen LogP contribution in [0, 0.1) is 13.8 Å². The van der Waals surface area contributed by atoms with E-state index in [1.54, 1.807) is 36.4 Å². The predicted molar refractivity (Wildman–Crippen MR) is 137 cm³/mol. The van der Waals surface area contributed by atoms with Crippen molar-refractivity contribution in [1.82, 2.24) is 0 Å². The van der Waals surface area contributed by atoms with Crippen LogP contribution in [0.5, 0.6) is 23.0 Å². The predicted octanol–water partition coefficient (Wildman–Crippen LogP) is 6.73. The van der Waals surface area contributed by atoms with Crippen molar-refractivity contribution in [1.29, 1.82) is 0 Å². The van der Waals surface area contributed by atoms with Gasteiger partial charge in [-0.05, 0) is 49.2 Å². The van der Waals surface area contributed by atoms with Gasteiger partial charge in [-0.2, -0.15) is 0 Å². The molecule has 0 saturated heterocycles. The van der Waals surface area contributed by atoms with E-state index in [1.807, 2.05) is 76.2 Å². The maximum absolute atomic E-state index is 9.92. The molecule has 4 aromatic rings. The summed E-state index contributed by atoms with van der Waals surface area (Å²) in [6.45, 7) is 7.94. The summed E-state index contributed by atoms with van der Waals surface area (Å²) in [6, 6.07) is 25.4. The highest BCUT2D eigenvalue weighted by atomic mass is 16.3. The van der Waals surface area contributed by atoms with Gasteiger partial charge in [0.1, 0.15) is 23.0 Å². The molecule has 0 unspecified atom stereocenters. The summed E-state index contributed by atoms with van der Waals surface area (Å²) < 4.78 is 0. The van der Waals surface area contributed by atoms with E-state index in [0.29, 0.717) is 6.42 Å². The van der Waals surface area contributed by atoms with Gasteiger partial charge in [0.05, 0.1) is 0 Å². The maximum atomic E-state index is 9.92. The lowest BCUT2D eigenvalue weighted by atomic mass is 9.77. The lowest BCUT2D eigenvalue weighted by Gasteiger charge is -2.27. The van der Waals surface area contributed by atoms with Crippen molar-refractivity contribution in [2.45, 2.75) is 39.5 Å². The van der Waals surface area contributed by atoms with E-state index in [2.05, 4.69) is 0 Å². The zero-order valence-corrected chi connectivity index (χ0v) is 20.1. The van der Waals surface area contributed by atoms with E-state index in [9.17, 15) is 20.4 Å². The molecule has 0 radical (unpaired) electrons. The summed E-state index contributed by atoms with van der Waals surface area (Å²) in [5.74, 6) is 1.05. The second-order valence-electron chi connectivity index (χ2n) is 9.10. The zero-order valence-electron chi connectivity index (χ0n) is 20.1. The number of phenols is 4. The van der Waals surface area contributed by atoms with Crippen molar-refractivity contribution in [3.63, 3.8) is 0 Å². The summed E-state index contributed by atoms with van der Waals surface area (Å²) in [5.41, 5.74) is 5.06. The number of hydrogen-bond donors (Lipinski definition) is 4. The molecule has 4 aromatic carbocycles. The van der Waals surface area contributed by atoms with Crippen LogP contribution in [-0.4, -0.2) is 20.4 Å². The first-order chi connectivity index (χ1) is 16.1. The second kappa shape index (κ2) is 10.3. The summed E-state index contributed by atoms with van der Waals surface area (Å²) in [4.78, 5) is 0. The maximum Gasteiger partial charge on any atom is 0.119 e. The Morgan fingerprint density at radius 3 is 1.29 bits per heavy atom. The number of hydrogen-bond acceptors (Lipinski definition) is 4. The molecule has 4 N–H and O–H groups in total. The first-order valence-corrected chi connectivity index (χ1v) is 11.2. The fraction of sp³-hybridized carbons (Fsp3) is 0.200. The monoisotopic (exact) mass is 456 g/mol. The average Bonchev–Trinajstić information content (AvgIpc) is 2.79. The van der Waals surface area contributed by atoms with Crippen LogP contribution >= 0.6 is 0 Å². The van der Waals surface area contributed by atoms with Crippen LogP contribution in [0.15, 0.2) is 84.9 Å². The Kier molecular flexibility index (Phi) is 7.52. The van der Waals surface area contributed by atoms with Crippen LogP contribution in [0.1, 0.15) is 47.2 Å². The highest BCUT2D eigenvalue weighted by Crippen LogP contribution is 2.40. The number of aromatic hydroxyl groups is 4. The minimum absolute atomic E-state index is 0.251. The molecule has 0 aliphatic heterocycles. The van der Waals surface area contributed by atoms with Gasteiger partial charge in [0, 0.05) is 23.0 Å². The van der Waals surface area contributed by atoms with Gasteiger partial charge in [-0.15, -0.1) is 0 Å². The number of phenolic OH excluding ortho intramolecular Hbond substituents is 4. The molecule has 0 spiro atoms. The molecule has 176 valence electrons. The third-order valence-electron chi connectivity index (χ3n) is 6.01. The molecule has 0 bridgehead atoms. The molecule has 0 aliphatic rings. The minimum atomic E-state index is -0.434. The molecular weight excluding hydrogens is 424 g/mol. The normalized spacial score (nSPS) is 10.9. The molecule has 0 amide bonds. The fourth-order valence-corrected chi connectivity index (χ4v) is 4.07. The van der Waals surface area contributed by atoms with Crippen molar-refractivity contribution < 1.29 is 20.4 Å². The molecule has 0 saturated carbocycles. The molecule has 0 atom stereocenters. The van der Waals surface area contributed by atoms with Gasteiger partial charge in [-0.25, -0.2) is 0 Å². The summed E-state index contributed by atoms with van der Waals surface area (Å²) in [6.07, 6.45) is 0.543. The van der Waals surface area contributed by atoms with E-state index in [-0.39, 0.29) is 23.0 Å². The van der Waals surface area contributed by atoms with Gasteiger partial charge in [-0.3, -0.25) is 0 Å². The highest BCUT2D eigenvalue weighted by Gasteiger charge is 2.28. The molecule has 4 rings (SSSR count). The van der Waals surface area contributed by atoms with Crippen LogP contribution in [0.2, 0.25) is 0 Å². The van der Waals surface area contributed by atoms with Crippen molar-refractivity contribution in [3.05, 3.63) is 118 Å². The SMILES string of the molecule is CC(C)(c1ccccc1O)c1ccccc1O.Cc1ccc(O)c(Cc2cc(C)ccc2O)c1. The topological polar surface area (TPSA) is 80.9 Å². The van der Waals surface area contributed by atoms with Gasteiger partial charge in [0.25, 0.3) is 0 Å². The second-order valence-corrected chi connectivity index (χ2v) is 9.10. The Hall–Kier alpha value is -3.92. The summed E-state index contributed by atoms with van der Waals surface area (Å²) >= 11 is 0. The van der Waals surface area contributed by atoms with E-state index < -0.39 is 5.41 Å². The van der Waals surface area contributed by atoms with Crippen molar-refractivity contribution in [3.8, 4) is 23.0 Å². The molecular formula is C30H32O4. The van der Waals surface area contributed by atoms with Gasteiger partial charge in [-0.1, -0.05) is 85.6 Å². The lowest BCUT2D eigenvalue weighted by Crippen LogP contribution is -2.19. The molecule has 4 heteroatoms. The van der Waals surface area contributed by atoms with Gasteiger partial charge in [0.15, 0.2) is 0 Å². The molecule has 0 fully saturated rings. The van der Waals surface area contributed by atoms with Gasteiger partial charge >= 0.3 is 0 Å². The average molecular weight is 457 g/mol. The summed E-state index contributed by atoms with van der Waals surface area (Å²) in [5, 5.41) is 39.4. The van der Waals surface area contributed by atoms with E-state index in [0.717, 1.165) is 33.4 Å². The first kappa shape index (κ1) is 24.7. The number of para-hydroxylation sites is 2. The van der Waals surface area contributed by atoms with Crippen LogP contribution in [-0.2, 0) is 11.8 Å². The molecule has 0 aliphatic carbocycles. The smallest absolute Gasteiger partial charge is 0.119 e. The number of benzene rings is 4. The molecule has 0 heterocycles. The van der Waals surface area contributed by atoms with Crippen molar-refractivity contribution in [2.75, 3.05) is 0 Å². The Morgan fingerprint density at radius 2 is 0.912 bits per heavy atom. The largest absolute Gasteiger partial charge is 0.508 e. The fourth-order valence-electron chi connectivity index (χ4n) is 4.07. The van der Waals surface area contributed by atoms with E-state index in [4.69, 9.17) is 0 Å². The van der Waals surface area contributed by atoms with Crippen LogP contribution < -0.4 is 0 Å². The Labute approximate surface area is 201 Å². The Balaban J connectivity index is 0.000000191. The minimum Gasteiger partial charge on any atom is -0.508 e. The van der Waals surface area contributed by atoms with Crippen molar-refractivity contribution in [2.24, 2.45) is 0 Å². The van der Waals surface area contributed by atoms with Gasteiger partial charge < -0.3 is 20.4 Å². The van der Waals surface area contributed by atoms with Gasteiger partial charge in [0.2, 0.25) is 0 Å². The zero-order chi connectivity index (χ0) is 24.9.